The van der Waals surface area contributed by atoms with Gasteiger partial charge in [0.05, 0.1) is 17.0 Å². The van der Waals surface area contributed by atoms with Crippen LogP contribution in [0.25, 0.3) is 16.8 Å². The topological polar surface area (TPSA) is 59.3 Å². The van der Waals surface area contributed by atoms with E-state index in [9.17, 15) is 4.79 Å². The highest BCUT2D eigenvalue weighted by Gasteiger charge is 2.18. The lowest BCUT2D eigenvalue weighted by molar-refractivity contribution is 0.0949. The number of aromatic nitrogens is 3. The van der Waals surface area contributed by atoms with Crippen LogP contribution in [0.4, 0.5) is 0 Å². The molecule has 0 bridgehead atoms. The smallest absolute Gasteiger partial charge is 0.254 e. The molecule has 0 aliphatic carbocycles. The second-order valence-corrected chi connectivity index (χ2v) is 6.49. The van der Waals surface area contributed by atoms with Crippen molar-refractivity contribution < 1.29 is 4.79 Å². The normalized spacial score (nSPS) is 10.9. The molecule has 5 nitrogen and oxygen atoms in total. The summed E-state index contributed by atoms with van der Waals surface area (Å²) in [6.07, 6.45) is 1.64. The van der Waals surface area contributed by atoms with E-state index in [1.54, 1.807) is 10.7 Å². The van der Waals surface area contributed by atoms with Crippen molar-refractivity contribution in [1.82, 2.24) is 19.9 Å². The molecule has 1 N–H and O–H groups in total. The van der Waals surface area contributed by atoms with Gasteiger partial charge in [0.1, 0.15) is 0 Å². The summed E-state index contributed by atoms with van der Waals surface area (Å²) in [7, 11) is 0. The molecule has 0 aliphatic rings. The van der Waals surface area contributed by atoms with Crippen molar-refractivity contribution in [2.24, 2.45) is 0 Å². The molecular weight excluding hydrogens is 336 g/mol. The van der Waals surface area contributed by atoms with Crippen LogP contribution in [0.15, 0.2) is 66.9 Å². The number of nitrogens with zero attached hydrogens (tertiary/aromatic N) is 3. The fraction of sp³-hybridized carbons (Fsp3) is 0.136. The molecular formula is C22H20N4O. The number of rotatable bonds is 4. The van der Waals surface area contributed by atoms with Crippen LogP contribution >= 0.6 is 0 Å². The van der Waals surface area contributed by atoms with E-state index in [1.807, 2.05) is 74.5 Å². The minimum Gasteiger partial charge on any atom is -0.348 e. The van der Waals surface area contributed by atoms with Crippen molar-refractivity contribution in [3.63, 3.8) is 0 Å². The number of carbonyl (C=O) groups is 1. The van der Waals surface area contributed by atoms with Crippen LogP contribution < -0.4 is 5.32 Å². The Balaban J connectivity index is 1.68. The van der Waals surface area contributed by atoms with Gasteiger partial charge < -0.3 is 5.32 Å². The van der Waals surface area contributed by atoms with Gasteiger partial charge in [-0.05, 0) is 25.0 Å². The van der Waals surface area contributed by atoms with E-state index in [0.29, 0.717) is 12.1 Å². The highest BCUT2D eigenvalue weighted by Crippen LogP contribution is 2.27. The first-order valence-electron chi connectivity index (χ1n) is 8.87. The molecule has 5 heteroatoms. The maximum atomic E-state index is 12.7. The molecule has 134 valence electrons. The third kappa shape index (κ3) is 3.19. The van der Waals surface area contributed by atoms with Gasteiger partial charge in [-0.15, -0.1) is 0 Å². The van der Waals surface area contributed by atoms with Crippen molar-refractivity contribution in [2.75, 3.05) is 0 Å². The molecule has 0 saturated heterocycles. The van der Waals surface area contributed by atoms with Gasteiger partial charge in [-0.3, -0.25) is 4.79 Å². The number of nitrogens with one attached hydrogen (secondary N) is 1. The lowest BCUT2D eigenvalue weighted by atomic mass is 10.1. The first-order valence-corrected chi connectivity index (χ1v) is 8.87. The van der Waals surface area contributed by atoms with Crippen molar-refractivity contribution in [3.8, 4) is 11.1 Å². The Morgan fingerprint density at radius 2 is 1.67 bits per heavy atom. The van der Waals surface area contributed by atoms with Crippen molar-refractivity contribution >= 4 is 11.6 Å². The summed E-state index contributed by atoms with van der Waals surface area (Å²) < 4.78 is 1.76. The van der Waals surface area contributed by atoms with Crippen LogP contribution in [0, 0.1) is 13.8 Å². The number of benzene rings is 2. The van der Waals surface area contributed by atoms with Gasteiger partial charge in [0, 0.05) is 18.3 Å². The van der Waals surface area contributed by atoms with Gasteiger partial charge in [-0.2, -0.15) is 5.10 Å². The van der Waals surface area contributed by atoms with E-state index in [0.717, 1.165) is 33.7 Å². The highest BCUT2D eigenvalue weighted by atomic mass is 16.1. The van der Waals surface area contributed by atoms with Crippen LogP contribution in [0.3, 0.4) is 0 Å². The average Bonchev–Trinajstić information content (AvgIpc) is 3.05. The summed E-state index contributed by atoms with van der Waals surface area (Å²) in [5.41, 5.74) is 6.07. The molecule has 2 aromatic carbocycles. The maximum absolute atomic E-state index is 12.7. The van der Waals surface area contributed by atoms with Crippen LogP contribution in [-0.2, 0) is 6.54 Å². The second kappa shape index (κ2) is 7.03. The highest BCUT2D eigenvalue weighted by molar-refractivity contribution is 5.95. The van der Waals surface area contributed by atoms with Gasteiger partial charge in [-0.1, -0.05) is 60.7 Å². The number of fused-ring (bicyclic) bond motifs is 1. The summed E-state index contributed by atoms with van der Waals surface area (Å²) in [4.78, 5) is 17.2. The van der Waals surface area contributed by atoms with Gasteiger partial charge >= 0.3 is 0 Å². The second-order valence-electron chi connectivity index (χ2n) is 6.49. The first-order chi connectivity index (χ1) is 13.1. The van der Waals surface area contributed by atoms with E-state index < -0.39 is 0 Å². The largest absolute Gasteiger partial charge is 0.348 e. The Morgan fingerprint density at radius 1 is 1.00 bits per heavy atom. The van der Waals surface area contributed by atoms with Crippen molar-refractivity contribution in [3.05, 3.63) is 89.4 Å². The predicted octanol–water partition coefficient (Wildman–Crippen LogP) is 3.94. The monoisotopic (exact) mass is 356 g/mol. The molecule has 0 fully saturated rings. The summed E-state index contributed by atoms with van der Waals surface area (Å²) in [5.74, 6) is -0.153. The minimum atomic E-state index is -0.153. The number of aryl methyl sites for hydroxylation is 2. The Kier molecular flexibility index (Phi) is 4.42. The lowest BCUT2D eigenvalue weighted by Crippen LogP contribution is -2.24. The molecule has 2 heterocycles. The molecule has 1 amide bonds. The SMILES string of the molecule is Cc1nn2c(C)c(C(=O)NCc3ccccc3)cnc2c1-c1ccccc1. The summed E-state index contributed by atoms with van der Waals surface area (Å²) in [6, 6.07) is 19.9. The average molecular weight is 356 g/mol. The molecule has 4 aromatic rings. The molecule has 27 heavy (non-hydrogen) atoms. The fourth-order valence-corrected chi connectivity index (χ4v) is 3.24. The number of amides is 1. The lowest BCUT2D eigenvalue weighted by Gasteiger charge is -2.09. The van der Waals surface area contributed by atoms with Gasteiger partial charge in [-0.25, -0.2) is 9.50 Å². The van der Waals surface area contributed by atoms with E-state index in [1.165, 1.54) is 0 Å². The summed E-state index contributed by atoms with van der Waals surface area (Å²) in [5, 5.41) is 7.58. The van der Waals surface area contributed by atoms with Crippen LogP contribution in [0.1, 0.15) is 27.3 Å². The number of hydrogen-bond donors (Lipinski definition) is 1. The standard InChI is InChI=1S/C22H20N4O/c1-15-20(18-11-7-4-8-12-18)21-23-14-19(16(2)26(21)25-15)22(27)24-13-17-9-5-3-6-10-17/h3-12,14H,13H2,1-2H3,(H,24,27). The Labute approximate surface area is 157 Å². The first kappa shape index (κ1) is 17.0. The van der Waals surface area contributed by atoms with E-state index in [2.05, 4.69) is 15.4 Å². The fourth-order valence-electron chi connectivity index (χ4n) is 3.24. The quantitative estimate of drug-likeness (QED) is 0.602. The van der Waals surface area contributed by atoms with Crippen LogP contribution in [0.2, 0.25) is 0 Å². The molecule has 0 atom stereocenters. The van der Waals surface area contributed by atoms with Crippen molar-refractivity contribution in [2.45, 2.75) is 20.4 Å². The summed E-state index contributed by atoms with van der Waals surface area (Å²) in [6.45, 7) is 4.34. The third-order valence-corrected chi connectivity index (χ3v) is 4.66. The minimum absolute atomic E-state index is 0.153. The van der Waals surface area contributed by atoms with Gasteiger partial charge in [0.2, 0.25) is 0 Å². The molecule has 2 aromatic heterocycles. The zero-order valence-electron chi connectivity index (χ0n) is 15.3. The number of hydrogen-bond acceptors (Lipinski definition) is 3. The Morgan fingerprint density at radius 3 is 2.37 bits per heavy atom. The molecule has 0 spiro atoms. The van der Waals surface area contributed by atoms with E-state index in [4.69, 9.17) is 0 Å². The Hall–Kier alpha value is -3.47. The zero-order valence-corrected chi connectivity index (χ0v) is 15.3. The van der Waals surface area contributed by atoms with Crippen LogP contribution in [-0.4, -0.2) is 20.5 Å². The molecule has 0 radical (unpaired) electrons. The Bertz CT molecular complexity index is 1100. The van der Waals surface area contributed by atoms with Crippen molar-refractivity contribution in [1.29, 1.82) is 0 Å². The van der Waals surface area contributed by atoms with E-state index >= 15 is 0 Å². The van der Waals surface area contributed by atoms with Gasteiger partial charge in [0.25, 0.3) is 5.91 Å². The molecule has 4 rings (SSSR count). The van der Waals surface area contributed by atoms with Gasteiger partial charge in [0.15, 0.2) is 5.65 Å². The number of carbonyl (C=O) groups excluding carboxylic acids is 1. The van der Waals surface area contributed by atoms with E-state index in [-0.39, 0.29) is 5.91 Å². The summed E-state index contributed by atoms with van der Waals surface area (Å²) >= 11 is 0. The molecule has 0 aliphatic heterocycles. The maximum Gasteiger partial charge on any atom is 0.254 e. The molecule has 0 saturated carbocycles. The third-order valence-electron chi connectivity index (χ3n) is 4.66. The molecule has 0 unspecified atom stereocenters. The zero-order chi connectivity index (χ0) is 18.8. The predicted molar refractivity (Wildman–Crippen MR) is 106 cm³/mol. The van der Waals surface area contributed by atoms with Crippen LogP contribution in [0.5, 0.6) is 0 Å².